The Morgan fingerprint density at radius 2 is 0.763 bits per heavy atom. The summed E-state index contributed by atoms with van der Waals surface area (Å²) >= 11 is 3.25. The van der Waals surface area contributed by atoms with Crippen molar-refractivity contribution < 1.29 is 13.2 Å². The van der Waals surface area contributed by atoms with Crippen LogP contribution in [0.2, 0.25) is 0 Å². The van der Waals surface area contributed by atoms with E-state index in [2.05, 4.69) is 0 Å². The molecule has 0 fully saturated rings. The summed E-state index contributed by atoms with van der Waals surface area (Å²) < 4.78 is 43.3. The predicted octanol–water partition coefficient (Wildman–Crippen LogP) is 10.6. The Kier molecular flexibility index (Phi) is 5.46. The first-order valence-corrected chi connectivity index (χ1v) is 13.6. The maximum absolute atomic E-state index is 14.4. The molecule has 38 heavy (non-hydrogen) atoms. The van der Waals surface area contributed by atoms with Gasteiger partial charge in [-0.15, -0.1) is 0 Å². The number of nitrogens with zero attached hydrogens (tertiary/aromatic N) is 2. The van der Waals surface area contributed by atoms with Gasteiger partial charge in [0.15, 0.2) is 0 Å². The molecule has 0 spiro atoms. The zero-order chi connectivity index (χ0) is 25.9. The molecule has 5 aromatic carbocycles. The number of hydrogen-bond donors (Lipinski definition) is 0. The van der Waals surface area contributed by atoms with Gasteiger partial charge in [0.05, 0.1) is 28.3 Å². The molecule has 2 aliphatic heterocycles. The molecule has 7 rings (SSSR count). The highest BCUT2D eigenvalue weighted by atomic mass is 32.2. The van der Waals surface area contributed by atoms with Gasteiger partial charge in [-0.25, -0.2) is 0 Å². The SMILES string of the molecule is FC(F)(F)c1cc(N2c3ccccc3Sc3ccccc32)cc(N2c3ccccc3Sc3ccccc32)c1. The van der Waals surface area contributed by atoms with Crippen molar-refractivity contribution in [2.45, 2.75) is 25.8 Å². The van der Waals surface area contributed by atoms with Crippen molar-refractivity contribution in [3.63, 3.8) is 0 Å². The highest BCUT2D eigenvalue weighted by molar-refractivity contribution is 8.00. The maximum Gasteiger partial charge on any atom is 0.416 e. The van der Waals surface area contributed by atoms with Crippen molar-refractivity contribution in [3.8, 4) is 0 Å². The molecule has 0 amide bonds. The first kappa shape index (κ1) is 23.3. The topological polar surface area (TPSA) is 6.48 Å². The second-order valence-electron chi connectivity index (χ2n) is 8.98. The van der Waals surface area contributed by atoms with Gasteiger partial charge in [-0.1, -0.05) is 72.1 Å². The predicted molar refractivity (Wildman–Crippen MR) is 149 cm³/mol. The lowest BCUT2D eigenvalue weighted by atomic mass is 10.1. The highest BCUT2D eigenvalue weighted by Crippen LogP contribution is 2.55. The first-order chi connectivity index (χ1) is 18.5. The Bertz CT molecular complexity index is 1490. The average Bonchev–Trinajstić information content (AvgIpc) is 2.93. The van der Waals surface area contributed by atoms with E-state index in [0.29, 0.717) is 11.4 Å². The standard InChI is InChI=1S/C31H19F3N2S2/c32-31(33,34)20-17-21(35-23-9-1-5-13-27(23)37-28-14-6-2-10-24(28)35)19-22(18-20)36-25-11-3-7-15-29(25)38-30-16-8-4-12-26(30)36/h1-19H. The van der Waals surface area contributed by atoms with E-state index in [4.69, 9.17) is 0 Å². The molecule has 5 aromatic rings. The minimum Gasteiger partial charge on any atom is -0.308 e. The third-order valence-corrected chi connectivity index (χ3v) is 8.87. The molecule has 0 aliphatic carbocycles. The van der Waals surface area contributed by atoms with Crippen molar-refractivity contribution in [1.82, 2.24) is 0 Å². The Labute approximate surface area is 226 Å². The second kappa shape index (κ2) is 8.89. The van der Waals surface area contributed by atoms with E-state index in [0.717, 1.165) is 42.3 Å². The van der Waals surface area contributed by atoms with Crippen LogP contribution < -0.4 is 9.80 Å². The Morgan fingerprint density at radius 3 is 1.08 bits per heavy atom. The number of anilines is 6. The number of benzene rings is 5. The summed E-state index contributed by atoms with van der Waals surface area (Å²) in [5.74, 6) is 0. The summed E-state index contributed by atoms with van der Waals surface area (Å²) in [5.41, 5.74) is 3.67. The smallest absolute Gasteiger partial charge is 0.308 e. The fourth-order valence-electron chi connectivity index (χ4n) is 4.98. The van der Waals surface area contributed by atoms with Crippen LogP contribution in [0.4, 0.5) is 47.3 Å². The molecule has 0 saturated heterocycles. The molecule has 0 atom stereocenters. The number of rotatable bonds is 2. The third-order valence-electron chi connectivity index (χ3n) is 6.61. The molecular formula is C31H19F3N2S2. The number of hydrogen-bond acceptors (Lipinski definition) is 4. The Hall–Kier alpha value is -3.81. The van der Waals surface area contributed by atoms with E-state index in [1.54, 1.807) is 23.5 Å². The third kappa shape index (κ3) is 3.85. The second-order valence-corrected chi connectivity index (χ2v) is 11.1. The van der Waals surface area contributed by atoms with Gasteiger partial charge in [0.1, 0.15) is 0 Å². The van der Waals surface area contributed by atoms with Crippen LogP contribution in [0.25, 0.3) is 0 Å². The van der Waals surface area contributed by atoms with Gasteiger partial charge in [0, 0.05) is 31.0 Å². The summed E-state index contributed by atoms with van der Waals surface area (Å²) in [4.78, 5) is 7.86. The van der Waals surface area contributed by atoms with Crippen LogP contribution in [-0.2, 0) is 6.18 Å². The molecule has 7 heteroatoms. The number of halogens is 3. The van der Waals surface area contributed by atoms with Crippen molar-refractivity contribution in [2.75, 3.05) is 9.80 Å². The summed E-state index contributed by atoms with van der Waals surface area (Å²) in [5, 5.41) is 0. The summed E-state index contributed by atoms with van der Waals surface area (Å²) in [7, 11) is 0. The quantitative estimate of drug-likeness (QED) is 0.215. The number of para-hydroxylation sites is 4. The van der Waals surface area contributed by atoms with Gasteiger partial charge < -0.3 is 9.80 Å². The molecular weight excluding hydrogens is 521 g/mol. The molecule has 2 aliphatic rings. The van der Waals surface area contributed by atoms with Crippen LogP contribution in [0.15, 0.2) is 135 Å². The van der Waals surface area contributed by atoms with Gasteiger partial charge in [-0.05, 0) is 66.7 Å². The monoisotopic (exact) mass is 540 g/mol. The van der Waals surface area contributed by atoms with Crippen LogP contribution >= 0.6 is 23.5 Å². The van der Waals surface area contributed by atoms with Gasteiger partial charge in [0.2, 0.25) is 0 Å². The average molecular weight is 541 g/mol. The van der Waals surface area contributed by atoms with Crippen molar-refractivity contribution in [2.24, 2.45) is 0 Å². The highest BCUT2D eigenvalue weighted by Gasteiger charge is 2.35. The van der Waals surface area contributed by atoms with Gasteiger partial charge in [-0.3, -0.25) is 0 Å². The zero-order valence-corrected chi connectivity index (χ0v) is 21.4. The van der Waals surface area contributed by atoms with Crippen LogP contribution in [-0.4, -0.2) is 0 Å². The number of alkyl halides is 3. The van der Waals surface area contributed by atoms with E-state index >= 15 is 0 Å². The minimum absolute atomic E-state index is 0.461. The summed E-state index contributed by atoms with van der Waals surface area (Å²) in [6, 6.07) is 35.7. The van der Waals surface area contributed by atoms with Gasteiger partial charge in [0.25, 0.3) is 0 Å². The first-order valence-electron chi connectivity index (χ1n) is 12.0. The lowest BCUT2D eigenvalue weighted by Gasteiger charge is -2.36. The molecule has 0 N–H and O–H groups in total. The lowest BCUT2D eigenvalue weighted by Crippen LogP contribution is -2.19. The van der Waals surface area contributed by atoms with Crippen molar-refractivity contribution in [3.05, 3.63) is 121 Å². The molecule has 0 unspecified atom stereocenters. The lowest BCUT2D eigenvalue weighted by molar-refractivity contribution is -0.137. The van der Waals surface area contributed by atoms with Crippen LogP contribution in [0.3, 0.4) is 0 Å². The maximum atomic E-state index is 14.4. The molecule has 2 nitrogen and oxygen atoms in total. The Morgan fingerprint density at radius 1 is 0.447 bits per heavy atom. The van der Waals surface area contributed by atoms with Gasteiger partial charge >= 0.3 is 6.18 Å². The fraction of sp³-hybridized carbons (Fsp3) is 0.0323. The molecule has 0 aromatic heterocycles. The van der Waals surface area contributed by atoms with E-state index in [1.807, 2.05) is 113 Å². The van der Waals surface area contributed by atoms with Crippen molar-refractivity contribution >= 4 is 57.6 Å². The zero-order valence-electron chi connectivity index (χ0n) is 19.8. The summed E-state index contributed by atoms with van der Waals surface area (Å²) in [6.07, 6.45) is -4.52. The minimum atomic E-state index is -4.52. The van der Waals surface area contributed by atoms with E-state index in [-0.39, 0.29) is 0 Å². The number of fused-ring (bicyclic) bond motifs is 4. The van der Waals surface area contributed by atoms with E-state index in [9.17, 15) is 13.2 Å². The molecule has 0 radical (unpaired) electrons. The largest absolute Gasteiger partial charge is 0.416 e. The van der Waals surface area contributed by atoms with Crippen LogP contribution in [0, 0.1) is 0 Å². The Balaban J connectivity index is 1.49. The molecule has 0 bridgehead atoms. The van der Waals surface area contributed by atoms with Crippen LogP contribution in [0.1, 0.15) is 5.56 Å². The van der Waals surface area contributed by atoms with Crippen molar-refractivity contribution in [1.29, 1.82) is 0 Å². The molecule has 2 heterocycles. The van der Waals surface area contributed by atoms with E-state index < -0.39 is 11.7 Å². The fourth-order valence-corrected chi connectivity index (χ4v) is 7.10. The molecule has 186 valence electrons. The van der Waals surface area contributed by atoms with E-state index in [1.165, 1.54) is 12.1 Å². The molecule has 0 saturated carbocycles. The summed E-state index contributed by atoms with van der Waals surface area (Å²) in [6.45, 7) is 0. The normalized spacial score (nSPS) is 13.9. The van der Waals surface area contributed by atoms with Crippen LogP contribution in [0.5, 0.6) is 0 Å². The van der Waals surface area contributed by atoms with Gasteiger partial charge in [-0.2, -0.15) is 13.2 Å².